The largest absolute Gasteiger partial charge is 0.475 e. The summed E-state index contributed by atoms with van der Waals surface area (Å²) in [7, 11) is 0. The van der Waals surface area contributed by atoms with Gasteiger partial charge in [0.25, 0.3) is 5.91 Å². The topological polar surface area (TPSA) is 79.5 Å². The van der Waals surface area contributed by atoms with E-state index in [0.29, 0.717) is 6.54 Å². The van der Waals surface area contributed by atoms with E-state index in [-0.39, 0.29) is 11.5 Å². The lowest BCUT2D eigenvalue weighted by Gasteiger charge is -2.04. The van der Waals surface area contributed by atoms with Gasteiger partial charge >= 0.3 is 5.97 Å². The number of nitrogens with one attached hydrogen (secondary N) is 1. The Morgan fingerprint density at radius 2 is 1.65 bits per heavy atom. The van der Waals surface area contributed by atoms with Gasteiger partial charge in [0.15, 0.2) is 5.76 Å². The summed E-state index contributed by atoms with van der Waals surface area (Å²) < 4.78 is 4.92. The summed E-state index contributed by atoms with van der Waals surface area (Å²) in [6.45, 7) is 2.44. The highest BCUT2D eigenvalue weighted by molar-refractivity contribution is 5.93. The third-order valence-electron chi connectivity index (χ3n) is 2.92. The molecule has 0 aliphatic rings. The SMILES string of the molecule is CCc1ccc(CNC(=O)c2ccc(C(=O)O)o2)cc1. The fourth-order valence-corrected chi connectivity index (χ4v) is 1.74. The average molecular weight is 273 g/mol. The van der Waals surface area contributed by atoms with Crippen LogP contribution >= 0.6 is 0 Å². The molecule has 104 valence electrons. The minimum Gasteiger partial charge on any atom is -0.475 e. The molecule has 0 aliphatic carbocycles. The summed E-state index contributed by atoms with van der Waals surface area (Å²) in [6, 6.07) is 10.5. The Balaban J connectivity index is 1.95. The standard InChI is InChI=1S/C15H15NO4/c1-2-10-3-5-11(6-4-10)9-16-14(17)12-7-8-13(20-12)15(18)19/h3-8H,2,9H2,1H3,(H,16,17)(H,18,19). The Hall–Kier alpha value is -2.56. The van der Waals surface area contributed by atoms with Crippen LogP contribution < -0.4 is 5.32 Å². The number of carboxylic acid groups (broad SMARTS) is 1. The summed E-state index contributed by atoms with van der Waals surface area (Å²) in [5, 5.41) is 11.4. The lowest BCUT2D eigenvalue weighted by atomic mass is 10.1. The summed E-state index contributed by atoms with van der Waals surface area (Å²) >= 11 is 0. The van der Waals surface area contributed by atoms with Gasteiger partial charge in [-0.3, -0.25) is 4.79 Å². The Morgan fingerprint density at radius 3 is 2.20 bits per heavy atom. The molecule has 0 bridgehead atoms. The average Bonchev–Trinajstić information content (AvgIpc) is 2.95. The van der Waals surface area contributed by atoms with Crippen LogP contribution in [0.3, 0.4) is 0 Å². The molecule has 0 fully saturated rings. The number of hydrogen-bond acceptors (Lipinski definition) is 3. The summed E-state index contributed by atoms with van der Waals surface area (Å²) in [4.78, 5) is 22.4. The van der Waals surface area contributed by atoms with Crippen molar-refractivity contribution in [2.75, 3.05) is 0 Å². The lowest BCUT2D eigenvalue weighted by molar-refractivity contribution is 0.0659. The molecule has 2 aromatic rings. The number of benzene rings is 1. The number of aromatic carboxylic acids is 1. The molecule has 5 heteroatoms. The van der Waals surface area contributed by atoms with Crippen LogP contribution in [0.1, 0.15) is 39.2 Å². The van der Waals surface area contributed by atoms with Crippen LogP contribution in [0.4, 0.5) is 0 Å². The van der Waals surface area contributed by atoms with Gasteiger partial charge in [-0.2, -0.15) is 0 Å². The van der Waals surface area contributed by atoms with Crippen molar-refractivity contribution in [2.24, 2.45) is 0 Å². The highest BCUT2D eigenvalue weighted by atomic mass is 16.4. The number of furan rings is 1. The van der Waals surface area contributed by atoms with Crippen molar-refractivity contribution in [2.45, 2.75) is 19.9 Å². The van der Waals surface area contributed by atoms with E-state index in [1.54, 1.807) is 0 Å². The van der Waals surface area contributed by atoms with Crippen molar-refractivity contribution >= 4 is 11.9 Å². The van der Waals surface area contributed by atoms with Gasteiger partial charge in [0.05, 0.1) is 0 Å². The predicted molar refractivity (Wildman–Crippen MR) is 72.7 cm³/mol. The van der Waals surface area contributed by atoms with E-state index in [1.807, 2.05) is 24.3 Å². The third-order valence-corrected chi connectivity index (χ3v) is 2.92. The van der Waals surface area contributed by atoms with Crippen molar-refractivity contribution in [1.82, 2.24) is 5.32 Å². The summed E-state index contributed by atoms with van der Waals surface area (Å²) in [5.41, 5.74) is 2.21. The minimum atomic E-state index is -1.20. The third kappa shape index (κ3) is 3.26. The van der Waals surface area contributed by atoms with Gasteiger partial charge in [-0.25, -0.2) is 4.79 Å². The number of rotatable bonds is 5. The molecule has 0 unspecified atom stereocenters. The van der Waals surface area contributed by atoms with E-state index >= 15 is 0 Å². The molecule has 0 saturated carbocycles. The molecule has 1 heterocycles. The first-order valence-corrected chi connectivity index (χ1v) is 6.29. The molecular formula is C15H15NO4. The monoisotopic (exact) mass is 273 g/mol. The fraction of sp³-hybridized carbons (Fsp3) is 0.200. The molecule has 20 heavy (non-hydrogen) atoms. The Labute approximate surface area is 116 Å². The van der Waals surface area contributed by atoms with Gasteiger partial charge in [-0.1, -0.05) is 31.2 Å². The highest BCUT2D eigenvalue weighted by Gasteiger charge is 2.14. The van der Waals surface area contributed by atoms with Gasteiger partial charge < -0.3 is 14.8 Å². The first-order chi connectivity index (χ1) is 9.60. The van der Waals surface area contributed by atoms with Crippen molar-refractivity contribution in [3.8, 4) is 0 Å². The maximum Gasteiger partial charge on any atom is 0.371 e. The molecule has 2 rings (SSSR count). The summed E-state index contributed by atoms with van der Waals surface area (Å²) in [6.07, 6.45) is 0.969. The molecule has 2 N–H and O–H groups in total. The van der Waals surface area contributed by atoms with Gasteiger partial charge in [0, 0.05) is 6.54 Å². The number of carboxylic acids is 1. The van der Waals surface area contributed by atoms with E-state index in [9.17, 15) is 9.59 Å². The van der Waals surface area contributed by atoms with Crippen molar-refractivity contribution in [1.29, 1.82) is 0 Å². The van der Waals surface area contributed by atoms with Crippen LogP contribution in [-0.2, 0) is 13.0 Å². The molecular weight excluding hydrogens is 258 g/mol. The number of amides is 1. The molecule has 1 amide bonds. The van der Waals surface area contributed by atoms with Crippen molar-refractivity contribution in [3.63, 3.8) is 0 Å². The van der Waals surface area contributed by atoms with Crippen LogP contribution in [0.15, 0.2) is 40.8 Å². The highest BCUT2D eigenvalue weighted by Crippen LogP contribution is 2.09. The smallest absolute Gasteiger partial charge is 0.371 e. The van der Waals surface area contributed by atoms with Gasteiger partial charge in [-0.05, 0) is 29.7 Å². The van der Waals surface area contributed by atoms with E-state index in [2.05, 4.69) is 12.2 Å². The number of aryl methyl sites for hydroxylation is 1. The summed E-state index contributed by atoms with van der Waals surface area (Å²) in [5.74, 6) is -1.88. The van der Waals surface area contributed by atoms with Crippen molar-refractivity contribution < 1.29 is 19.1 Å². The second kappa shape index (κ2) is 6.06. The maximum atomic E-state index is 11.8. The second-order valence-electron chi connectivity index (χ2n) is 4.32. The quantitative estimate of drug-likeness (QED) is 0.877. The lowest BCUT2D eigenvalue weighted by Crippen LogP contribution is -2.22. The van der Waals surface area contributed by atoms with E-state index in [1.165, 1.54) is 17.7 Å². The van der Waals surface area contributed by atoms with Gasteiger partial charge in [-0.15, -0.1) is 0 Å². The fourth-order valence-electron chi connectivity index (χ4n) is 1.74. The van der Waals surface area contributed by atoms with Crippen molar-refractivity contribution in [3.05, 3.63) is 59.0 Å². The van der Waals surface area contributed by atoms with Gasteiger partial charge in [0.1, 0.15) is 0 Å². The number of carbonyl (C=O) groups is 2. The van der Waals surface area contributed by atoms with Crippen LogP contribution in [0.25, 0.3) is 0 Å². The van der Waals surface area contributed by atoms with Crippen LogP contribution in [0.5, 0.6) is 0 Å². The second-order valence-corrected chi connectivity index (χ2v) is 4.32. The first-order valence-electron chi connectivity index (χ1n) is 6.29. The zero-order valence-corrected chi connectivity index (χ0v) is 11.1. The normalized spacial score (nSPS) is 10.2. The first kappa shape index (κ1) is 13.9. The maximum absolute atomic E-state index is 11.8. The molecule has 1 aromatic carbocycles. The number of hydrogen-bond donors (Lipinski definition) is 2. The number of carbonyl (C=O) groups excluding carboxylic acids is 1. The molecule has 1 aromatic heterocycles. The molecule has 5 nitrogen and oxygen atoms in total. The van der Waals surface area contributed by atoms with Gasteiger partial charge in [0.2, 0.25) is 5.76 Å². The molecule has 0 aliphatic heterocycles. The molecule has 0 radical (unpaired) electrons. The van der Waals surface area contributed by atoms with Crippen LogP contribution in [-0.4, -0.2) is 17.0 Å². The Morgan fingerprint density at radius 1 is 1.05 bits per heavy atom. The zero-order valence-electron chi connectivity index (χ0n) is 11.1. The zero-order chi connectivity index (χ0) is 14.5. The van der Waals surface area contributed by atoms with E-state index in [0.717, 1.165) is 12.0 Å². The Kier molecular flexibility index (Phi) is 4.20. The molecule has 0 spiro atoms. The molecule has 0 saturated heterocycles. The Bertz CT molecular complexity index is 613. The van der Waals surface area contributed by atoms with E-state index in [4.69, 9.17) is 9.52 Å². The minimum absolute atomic E-state index is 0.00687. The molecule has 0 atom stereocenters. The predicted octanol–water partition coefficient (Wildman–Crippen LogP) is 2.47. The van der Waals surface area contributed by atoms with Crippen LogP contribution in [0, 0.1) is 0 Å². The van der Waals surface area contributed by atoms with Crippen LogP contribution in [0.2, 0.25) is 0 Å². The van der Waals surface area contributed by atoms with E-state index < -0.39 is 11.9 Å².